The number of amides is 1. The number of carbonyl (C=O) groups excluding carboxylic acids is 1. The molecule has 0 atom stereocenters. The molecule has 1 amide bonds. The molecule has 2 aromatic rings. The van der Waals surface area contributed by atoms with E-state index in [1.165, 1.54) is 0 Å². The average molecular weight is 461 g/mol. The maximum absolute atomic E-state index is 13.4. The van der Waals surface area contributed by atoms with Gasteiger partial charge in [0, 0.05) is 10.2 Å². The Balaban J connectivity index is 0.000000707. The molecule has 0 unspecified atom stereocenters. The fraction of sp³-hybridized carbons (Fsp3) is 0.458. The Hall–Kier alpha value is -2.01. The van der Waals surface area contributed by atoms with Crippen LogP contribution in [-0.2, 0) is 16.8 Å². The molecule has 4 rings (SSSR count). The van der Waals surface area contributed by atoms with Crippen molar-refractivity contribution in [1.29, 1.82) is 0 Å². The summed E-state index contributed by atoms with van der Waals surface area (Å²) in [7, 11) is 1.65. The summed E-state index contributed by atoms with van der Waals surface area (Å²) in [6.45, 7) is 8.56. The number of methoxy groups -OCH3 is 1. The lowest BCUT2D eigenvalue weighted by Crippen LogP contribution is -2.38. The van der Waals surface area contributed by atoms with E-state index in [0.29, 0.717) is 12.2 Å². The Labute approximate surface area is 183 Å². The van der Waals surface area contributed by atoms with E-state index in [-0.39, 0.29) is 11.3 Å². The lowest BCUT2D eigenvalue weighted by atomic mass is 9.80. The number of anilines is 2. The van der Waals surface area contributed by atoms with Crippen LogP contribution in [0.5, 0.6) is 5.75 Å². The van der Waals surface area contributed by atoms with Crippen LogP contribution in [0.2, 0.25) is 0 Å². The highest BCUT2D eigenvalue weighted by atomic mass is 79.9. The van der Waals surface area contributed by atoms with Crippen molar-refractivity contribution in [3.8, 4) is 5.75 Å². The standard InChI is InChI=1S/C20H21BrN2O2.2C2H6/c1-25-15-6-4-13(5-7-15)12-23-18-16(10-14(22)11-17(18)21)20(19(23)24)8-2-3-9-20;2*1-2/h4-7,10-11H,2-3,8-9,12,22H2,1H3;2*1-2H3. The van der Waals surface area contributed by atoms with Crippen LogP contribution >= 0.6 is 15.9 Å². The number of nitrogen functional groups attached to an aromatic ring is 1. The van der Waals surface area contributed by atoms with Crippen molar-refractivity contribution >= 4 is 33.2 Å². The molecule has 1 saturated carbocycles. The SMILES string of the molecule is CC.CC.COc1ccc(CN2C(=O)C3(CCCC3)c3cc(N)cc(Br)c32)cc1. The summed E-state index contributed by atoms with van der Waals surface area (Å²) in [4.78, 5) is 15.3. The van der Waals surface area contributed by atoms with E-state index >= 15 is 0 Å². The van der Waals surface area contributed by atoms with Gasteiger partial charge in [0.25, 0.3) is 0 Å². The first-order valence-corrected chi connectivity index (χ1v) is 11.4. The second kappa shape index (κ2) is 10.1. The van der Waals surface area contributed by atoms with Crippen molar-refractivity contribution in [1.82, 2.24) is 0 Å². The maximum Gasteiger partial charge on any atom is 0.238 e. The molecule has 1 heterocycles. The van der Waals surface area contributed by atoms with Crippen molar-refractivity contribution < 1.29 is 9.53 Å². The molecule has 158 valence electrons. The minimum absolute atomic E-state index is 0.210. The summed E-state index contributed by atoms with van der Waals surface area (Å²) in [5, 5.41) is 0. The van der Waals surface area contributed by atoms with Crippen molar-refractivity contribution in [2.24, 2.45) is 0 Å². The van der Waals surface area contributed by atoms with Gasteiger partial charge in [-0.05, 0) is 64.2 Å². The molecular weight excluding hydrogens is 428 g/mol. The van der Waals surface area contributed by atoms with Gasteiger partial charge in [0.05, 0.1) is 24.8 Å². The lowest BCUT2D eigenvalue weighted by Gasteiger charge is -2.23. The van der Waals surface area contributed by atoms with Gasteiger partial charge in [-0.3, -0.25) is 4.79 Å². The molecule has 1 aliphatic heterocycles. The Morgan fingerprint density at radius 1 is 1.07 bits per heavy atom. The van der Waals surface area contributed by atoms with E-state index in [1.807, 2.05) is 69.0 Å². The number of nitrogens with zero attached hydrogens (tertiary/aromatic N) is 1. The minimum atomic E-state index is -0.389. The highest BCUT2D eigenvalue weighted by molar-refractivity contribution is 9.10. The Morgan fingerprint density at radius 2 is 1.66 bits per heavy atom. The number of benzene rings is 2. The summed E-state index contributed by atoms with van der Waals surface area (Å²) < 4.78 is 6.12. The number of hydrogen-bond acceptors (Lipinski definition) is 3. The van der Waals surface area contributed by atoms with Crippen molar-refractivity contribution in [2.75, 3.05) is 17.7 Å². The van der Waals surface area contributed by atoms with E-state index in [0.717, 1.165) is 52.7 Å². The molecule has 0 radical (unpaired) electrons. The normalized spacial score (nSPS) is 15.9. The molecule has 1 spiro atoms. The third-order valence-electron chi connectivity index (χ3n) is 5.48. The molecule has 2 N–H and O–H groups in total. The van der Waals surface area contributed by atoms with E-state index in [2.05, 4.69) is 15.9 Å². The van der Waals surface area contributed by atoms with Crippen molar-refractivity contribution in [3.05, 3.63) is 52.0 Å². The van der Waals surface area contributed by atoms with E-state index in [4.69, 9.17) is 10.5 Å². The van der Waals surface area contributed by atoms with Gasteiger partial charge in [0.2, 0.25) is 5.91 Å². The predicted octanol–water partition coefficient (Wildman–Crippen LogP) is 6.45. The molecule has 1 fully saturated rings. The van der Waals surface area contributed by atoms with Gasteiger partial charge in [-0.2, -0.15) is 0 Å². The van der Waals surface area contributed by atoms with Gasteiger partial charge in [0.15, 0.2) is 0 Å². The highest BCUT2D eigenvalue weighted by Crippen LogP contribution is 2.54. The van der Waals surface area contributed by atoms with Crippen LogP contribution < -0.4 is 15.4 Å². The molecular formula is C24H33BrN2O2. The molecule has 2 aromatic carbocycles. The number of fused-ring (bicyclic) bond motifs is 2. The molecule has 0 bridgehead atoms. The third-order valence-corrected chi connectivity index (χ3v) is 6.09. The van der Waals surface area contributed by atoms with Gasteiger partial charge < -0.3 is 15.4 Å². The number of hydrogen-bond donors (Lipinski definition) is 1. The van der Waals surface area contributed by atoms with Gasteiger partial charge in [-0.1, -0.05) is 52.7 Å². The smallest absolute Gasteiger partial charge is 0.238 e. The second-order valence-corrected chi connectivity index (χ2v) is 7.78. The van der Waals surface area contributed by atoms with Crippen LogP contribution in [0.15, 0.2) is 40.9 Å². The number of ether oxygens (including phenoxy) is 1. The number of rotatable bonds is 3. The zero-order chi connectivity index (χ0) is 21.6. The molecule has 4 nitrogen and oxygen atoms in total. The number of carbonyl (C=O) groups is 1. The number of halogens is 1. The van der Waals surface area contributed by atoms with E-state index < -0.39 is 0 Å². The van der Waals surface area contributed by atoms with Crippen LogP contribution in [-0.4, -0.2) is 13.0 Å². The topological polar surface area (TPSA) is 55.6 Å². The van der Waals surface area contributed by atoms with Crippen LogP contribution in [0.4, 0.5) is 11.4 Å². The Kier molecular flexibility index (Phi) is 8.14. The van der Waals surface area contributed by atoms with Crippen LogP contribution in [0.25, 0.3) is 0 Å². The quantitative estimate of drug-likeness (QED) is 0.535. The van der Waals surface area contributed by atoms with Gasteiger partial charge in [-0.25, -0.2) is 0 Å². The van der Waals surface area contributed by atoms with Crippen LogP contribution in [0.1, 0.15) is 64.5 Å². The summed E-state index contributed by atoms with van der Waals surface area (Å²) >= 11 is 3.64. The first kappa shape index (κ1) is 23.3. The minimum Gasteiger partial charge on any atom is -0.497 e. The summed E-state index contributed by atoms with van der Waals surface area (Å²) in [6, 6.07) is 11.8. The summed E-state index contributed by atoms with van der Waals surface area (Å²) in [6.07, 6.45) is 4.00. The summed E-state index contributed by atoms with van der Waals surface area (Å²) in [5.74, 6) is 1.03. The molecule has 5 heteroatoms. The molecule has 1 aliphatic carbocycles. The lowest BCUT2D eigenvalue weighted by molar-refractivity contribution is -0.123. The van der Waals surface area contributed by atoms with E-state index in [9.17, 15) is 4.79 Å². The molecule has 0 saturated heterocycles. The van der Waals surface area contributed by atoms with Gasteiger partial charge >= 0.3 is 0 Å². The second-order valence-electron chi connectivity index (χ2n) is 6.93. The first-order valence-electron chi connectivity index (χ1n) is 10.6. The Bertz CT molecular complexity index is 828. The van der Waals surface area contributed by atoms with Gasteiger partial charge in [-0.15, -0.1) is 0 Å². The predicted molar refractivity (Wildman–Crippen MR) is 126 cm³/mol. The maximum atomic E-state index is 13.4. The summed E-state index contributed by atoms with van der Waals surface area (Å²) in [5.41, 5.74) is 9.56. The highest BCUT2D eigenvalue weighted by Gasteiger charge is 2.52. The van der Waals surface area contributed by atoms with E-state index in [1.54, 1.807) is 7.11 Å². The monoisotopic (exact) mass is 460 g/mol. The zero-order valence-electron chi connectivity index (χ0n) is 18.2. The van der Waals surface area contributed by atoms with Crippen LogP contribution in [0, 0.1) is 0 Å². The molecule has 2 aliphatic rings. The van der Waals surface area contributed by atoms with Gasteiger partial charge in [0.1, 0.15) is 5.75 Å². The number of nitrogens with two attached hydrogens (primary N) is 1. The first-order chi connectivity index (χ1) is 14.0. The third kappa shape index (κ3) is 4.30. The molecule has 29 heavy (non-hydrogen) atoms. The fourth-order valence-electron chi connectivity index (χ4n) is 4.26. The largest absolute Gasteiger partial charge is 0.497 e. The average Bonchev–Trinajstić information content (AvgIpc) is 3.33. The molecule has 0 aromatic heterocycles. The zero-order valence-corrected chi connectivity index (χ0v) is 19.8. The fourth-order valence-corrected chi connectivity index (χ4v) is 4.95. The van der Waals surface area contributed by atoms with Crippen molar-refractivity contribution in [2.45, 2.75) is 65.3 Å². The Morgan fingerprint density at radius 3 is 2.21 bits per heavy atom. The van der Waals surface area contributed by atoms with Crippen molar-refractivity contribution in [3.63, 3.8) is 0 Å². The van der Waals surface area contributed by atoms with Crippen LogP contribution in [0.3, 0.4) is 0 Å².